The SMILES string of the molecule is CCS(=O)(=O)NC[C@H]1[C@@H](c2ccccc2)[C@@H](CO)N1CC1CCCC1. The number of aliphatic hydroxyl groups is 1. The maximum atomic E-state index is 11.9. The second-order valence-corrected chi connectivity index (χ2v) is 9.45. The summed E-state index contributed by atoms with van der Waals surface area (Å²) in [6.45, 7) is 3.15. The minimum Gasteiger partial charge on any atom is -0.395 e. The Balaban J connectivity index is 1.77. The van der Waals surface area contributed by atoms with E-state index in [1.54, 1.807) is 6.92 Å². The molecule has 25 heavy (non-hydrogen) atoms. The predicted molar refractivity (Wildman–Crippen MR) is 100.0 cm³/mol. The van der Waals surface area contributed by atoms with Gasteiger partial charge >= 0.3 is 0 Å². The van der Waals surface area contributed by atoms with Gasteiger partial charge in [0.15, 0.2) is 0 Å². The van der Waals surface area contributed by atoms with Gasteiger partial charge in [-0.1, -0.05) is 43.2 Å². The summed E-state index contributed by atoms with van der Waals surface area (Å²) in [5.74, 6) is 0.949. The number of hydrogen-bond acceptors (Lipinski definition) is 4. The molecule has 1 aromatic rings. The highest BCUT2D eigenvalue weighted by molar-refractivity contribution is 7.89. The molecule has 3 atom stereocenters. The van der Waals surface area contributed by atoms with E-state index in [0.29, 0.717) is 12.5 Å². The molecule has 1 saturated carbocycles. The van der Waals surface area contributed by atoms with Crippen molar-refractivity contribution in [2.75, 3.05) is 25.4 Å². The normalized spacial score (nSPS) is 28.2. The largest absolute Gasteiger partial charge is 0.395 e. The highest BCUT2D eigenvalue weighted by Gasteiger charge is 2.49. The maximum Gasteiger partial charge on any atom is 0.211 e. The van der Waals surface area contributed by atoms with Crippen molar-refractivity contribution >= 4 is 10.0 Å². The highest BCUT2D eigenvalue weighted by Crippen LogP contribution is 2.42. The van der Waals surface area contributed by atoms with Crippen LogP contribution >= 0.6 is 0 Å². The van der Waals surface area contributed by atoms with Gasteiger partial charge in [0, 0.05) is 31.1 Å². The van der Waals surface area contributed by atoms with Crippen LogP contribution in [0.5, 0.6) is 0 Å². The van der Waals surface area contributed by atoms with Crippen LogP contribution in [0.4, 0.5) is 0 Å². The molecule has 140 valence electrons. The molecule has 1 saturated heterocycles. The second-order valence-electron chi connectivity index (χ2n) is 7.35. The molecule has 5 nitrogen and oxygen atoms in total. The highest BCUT2D eigenvalue weighted by atomic mass is 32.2. The molecule has 1 aromatic carbocycles. The van der Waals surface area contributed by atoms with E-state index in [4.69, 9.17) is 0 Å². The molecule has 2 aliphatic rings. The zero-order valence-corrected chi connectivity index (χ0v) is 15.8. The smallest absolute Gasteiger partial charge is 0.211 e. The van der Waals surface area contributed by atoms with E-state index in [1.165, 1.54) is 31.2 Å². The quantitative estimate of drug-likeness (QED) is 0.738. The Kier molecular flexibility index (Phi) is 6.15. The summed E-state index contributed by atoms with van der Waals surface area (Å²) in [5.41, 5.74) is 1.19. The van der Waals surface area contributed by atoms with Crippen LogP contribution in [0.3, 0.4) is 0 Å². The third kappa shape index (κ3) is 4.25. The summed E-state index contributed by atoms with van der Waals surface area (Å²) >= 11 is 0. The molecule has 1 aliphatic carbocycles. The van der Waals surface area contributed by atoms with Crippen molar-refractivity contribution < 1.29 is 13.5 Å². The number of rotatable bonds is 8. The molecule has 0 spiro atoms. The summed E-state index contributed by atoms with van der Waals surface area (Å²) in [7, 11) is -3.21. The fourth-order valence-corrected chi connectivity index (χ4v) is 5.10. The van der Waals surface area contributed by atoms with Crippen LogP contribution < -0.4 is 4.72 Å². The van der Waals surface area contributed by atoms with E-state index in [1.807, 2.05) is 18.2 Å². The van der Waals surface area contributed by atoms with Crippen LogP contribution in [0.25, 0.3) is 0 Å². The van der Waals surface area contributed by atoms with Gasteiger partial charge in [-0.25, -0.2) is 13.1 Å². The third-order valence-corrected chi connectivity index (χ3v) is 7.26. The summed E-state index contributed by atoms with van der Waals surface area (Å²) in [5, 5.41) is 9.97. The summed E-state index contributed by atoms with van der Waals surface area (Å²) < 4.78 is 26.6. The van der Waals surface area contributed by atoms with Crippen LogP contribution in [0.15, 0.2) is 30.3 Å². The van der Waals surface area contributed by atoms with Gasteiger partial charge in [0.2, 0.25) is 10.0 Å². The van der Waals surface area contributed by atoms with Crippen LogP contribution in [-0.4, -0.2) is 56.0 Å². The molecule has 0 aromatic heterocycles. The van der Waals surface area contributed by atoms with Crippen molar-refractivity contribution in [1.82, 2.24) is 9.62 Å². The molecule has 1 heterocycles. The van der Waals surface area contributed by atoms with Crippen molar-refractivity contribution in [2.45, 2.75) is 50.6 Å². The minimum absolute atomic E-state index is 0.0825. The molecular weight excluding hydrogens is 336 g/mol. The standard InChI is InChI=1S/C19H30N2O3S/c1-2-25(23,24)20-12-17-19(16-10-4-3-5-11-16)18(14-22)21(17)13-15-8-6-7-9-15/h3-5,10-11,15,17-20,22H,2,6-9,12-14H2,1H3/t17-,18+,19+/m0/s1. The summed E-state index contributed by atoms with van der Waals surface area (Å²) in [4.78, 5) is 2.34. The monoisotopic (exact) mass is 366 g/mol. The molecule has 0 radical (unpaired) electrons. The van der Waals surface area contributed by atoms with Gasteiger partial charge in [0.05, 0.1) is 12.4 Å². The van der Waals surface area contributed by atoms with Crippen molar-refractivity contribution in [3.63, 3.8) is 0 Å². The maximum absolute atomic E-state index is 11.9. The Hall–Kier alpha value is -0.950. The molecule has 6 heteroatoms. The van der Waals surface area contributed by atoms with Crippen molar-refractivity contribution in [2.24, 2.45) is 5.92 Å². The van der Waals surface area contributed by atoms with Gasteiger partial charge < -0.3 is 5.11 Å². The number of sulfonamides is 1. The minimum atomic E-state index is -3.21. The van der Waals surface area contributed by atoms with Gasteiger partial charge in [-0.3, -0.25) is 4.90 Å². The number of benzene rings is 1. The van der Waals surface area contributed by atoms with Gasteiger partial charge in [-0.05, 0) is 31.2 Å². The molecule has 3 rings (SSSR count). The van der Waals surface area contributed by atoms with E-state index in [-0.39, 0.29) is 30.4 Å². The van der Waals surface area contributed by atoms with Gasteiger partial charge in [-0.2, -0.15) is 0 Å². The first kappa shape index (κ1) is 18.8. The molecule has 0 unspecified atom stereocenters. The Bertz CT molecular complexity index is 644. The third-order valence-electron chi connectivity index (χ3n) is 5.89. The number of aliphatic hydroxyl groups excluding tert-OH is 1. The number of nitrogens with zero attached hydrogens (tertiary/aromatic N) is 1. The Morgan fingerprint density at radius 3 is 2.44 bits per heavy atom. The van der Waals surface area contributed by atoms with Crippen molar-refractivity contribution in [3.8, 4) is 0 Å². The summed E-state index contributed by atoms with van der Waals surface area (Å²) in [6, 6.07) is 10.4. The lowest BCUT2D eigenvalue weighted by molar-refractivity contribution is -0.0495. The van der Waals surface area contributed by atoms with E-state index < -0.39 is 10.0 Å². The molecule has 0 bridgehead atoms. The van der Waals surface area contributed by atoms with E-state index in [9.17, 15) is 13.5 Å². The zero-order chi connectivity index (χ0) is 17.9. The Morgan fingerprint density at radius 1 is 1.16 bits per heavy atom. The van der Waals surface area contributed by atoms with Gasteiger partial charge in [0.1, 0.15) is 0 Å². The lowest BCUT2D eigenvalue weighted by atomic mass is 9.74. The first-order chi connectivity index (χ1) is 12.1. The molecular formula is C19H30N2O3S. The second kappa shape index (κ2) is 8.16. The van der Waals surface area contributed by atoms with Crippen LogP contribution in [0, 0.1) is 5.92 Å². The number of likely N-dealkylation sites (tertiary alicyclic amines) is 1. The fraction of sp³-hybridized carbons (Fsp3) is 0.684. The first-order valence-electron chi connectivity index (χ1n) is 9.44. The van der Waals surface area contributed by atoms with Crippen LogP contribution in [0.1, 0.15) is 44.1 Å². The lowest BCUT2D eigenvalue weighted by Gasteiger charge is -2.56. The van der Waals surface area contributed by atoms with Crippen molar-refractivity contribution in [3.05, 3.63) is 35.9 Å². The average molecular weight is 367 g/mol. The topological polar surface area (TPSA) is 69.6 Å². The molecule has 1 aliphatic heterocycles. The predicted octanol–water partition coefficient (Wildman–Crippen LogP) is 1.94. The molecule has 2 N–H and O–H groups in total. The first-order valence-corrected chi connectivity index (χ1v) is 11.1. The molecule has 0 amide bonds. The lowest BCUT2D eigenvalue weighted by Crippen LogP contribution is -2.67. The van der Waals surface area contributed by atoms with E-state index in [2.05, 4.69) is 21.8 Å². The van der Waals surface area contributed by atoms with Gasteiger partial charge in [-0.15, -0.1) is 0 Å². The van der Waals surface area contributed by atoms with Gasteiger partial charge in [0.25, 0.3) is 0 Å². The Labute approximate surface area is 151 Å². The summed E-state index contributed by atoms with van der Waals surface area (Å²) in [6.07, 6.45) is 5.07. The Morgan fingerprint density at radius 2 is 1.84 bits per heavy atom. The molecule has 2 fully saturated rings. The van der Waals surface area contributed by atoms with E-state index >= 15 is 0 Å². The van der Waals surface area contributed by atoms with Crippen molar-refractivity contribution in [1.29, 1.82) is 0 Å². The number of hydrogen-bond donors (Lipinski definition) is 2. The van der Waals surface area contributed by atoms with Crippen LogP contribution in [-0.2, 0) is 10.0 Å². The fourth-order valence-electron chi connectivity index (χ4n) is 4.47. The number of nitrogens with one attached hydrogen (secondary N) is 1. The van der Waals surface area contributed by atoms with Crippen LogP contribution in [0.2, 0.25) is 0 Å². The van der Waals surface area contributed by atoms with E-state index in [0.717, 1.165) is 6.54 Å². The average Bonchev–Trinajstić information content (AvgIpc) is 3.12. The zero-order valence-electron chi connectivity index (χ0n) is 15.0.